The summed E-state index contributed by atoms with van der Waals surface area (Å²) in [5.74, 6) is 1.04. The predicted octanol–water partition coefficient (Wildman–Crippen LogP) is 4.37. The van der Waals surface area contributed by atoms with Crippen molar-refractivity contribution in [1.82, 2.24) is 14.9 Å². The lowest BCUT2D eigenvalue weighted by molar-refractivity contribution is 0.102. The third kappa shape index (κ3) is 6.08. The van der Waals surface area contributed by atoms with Crippen molar-refractivity contribution in [2.24, 2.45) is 0 Å². The molecule has 0 radical (unpaired) electrons. The second kappa shape index (κ2) is 12.4. The molecule has 0 bridgehead atoms. The maximum atomic E-state index is 13.1. The van der Waals surface area contributed by atoms with Crippen LogP contribution >= 0.6 is 24.8 Å². The summed E-state index contributed by atoms with van der Waals surface area (Å²) in [6.07, 6.45) is 5.01. The van der Waals surface area contributed by atoms with Gasteiger partial charge in [0.2, 0.25) is 5.88 Å². The molecule has 0 saturated carbocycles. The Balaban J connectivity index is 0.00000204. The number of hydrogen-bond acceptors (Lipinski definition) is 6. The highest BCUT2D eigenvalue weighted by Crippen LogP contribution is 2.30. The number of benzene rings is 1. The number of nitrogens with one attached hydrogen (secondary N) is 2. The summed E-state index contributed by atoms with van der Waals surface area (Å²) in [5.41, 5.74) is 0.999. The van der Waals surface area contributed by atoms with Crippen LogP contribution in [0.15, 0.2) is 59.7 Å². The molecule has 2 aromatic heterocycles. The molecule has 0 spiro atoms. The number of methoxy groups -OCH3 is 1. The minimum absolute atomic E-state index is 0. The highest BCUT2D eigenvalue weighted by Gasteiger charge is 2.21. The molecular weight excluding hydrogens is 479 g/mol. The van der Waals surface area contributed by atoms with Gasteiger partial charge in [-0.3, -0.25) is 9.59 Å². The second-order valence-electron chi connectivity index (χ2n) is 7.66. The van der Waals surface area contributed by atoms with E-state index in [2.05, 4.69) is 15.6 Å². The van der Waals surface area contributed by atoms with Gasteiger partial charge in [-0.05, 0) is 62.7 Å². The lowest BCUT2D eigenvalue weighted by atomic mass is 10.0. The van der Waals surface area contributed by atoms with Crippen LogP contribution in [0.4, 0.5) is 5.69 Å². The van der Waals surface area contributed by atoms with Crippen molar-refractivity contribution in [3.8, 4) is 17.4 Å². The van der Waals surface area contributed by atoms with Gasteiger partial charge in [-0.15, -0.1) is 24.8 Å². The fourth-order valence-electron chi connectivity index (χ4n) is 3.81. The van der Waals surface area contributed by atoms with Gasteiger partial charge in [0.15, 0.2) is 11.5 Å². The van der Waals surface area contributed by atoms with Gasteiger partial charge < -0.3 is 24.7 Å². The van der Waals surface area contributed by atoms with E-state index in [9.17, 15) is 9.59 Å². The van der Waals surface area contributed by atoms with Crippen LogP contribution in [0.2, 0.25) is 0 Å². The molecule has 0 unspecified atom stereocenters. The van der Waals surface area contributed by atoms with Crippen molar-refractivity contribution in [1.29, 1.82) is 0 Å². The summed E-state index contributed by atoms with van der Waals surface area (Å²) in [7, 11) is 1.57. The van der Waals surface area contributed by atoms with Gasteiger partial charge in [0, 0.05) is 18.3 Å². The molecule has 0 aliphatic carbocycles. The van der Waals surface area contributed by atoms with Crippen LogP contribution < -0.4 is 25.7 Å². The quantitative estimate of drug-likeness (QED) is 0.515. The van der Waals surface area contributed by atoms with E-state index in [1.165, 1.54) is 6.20 Å². The standard InChI is InChI=1S/C24H26N4O4.2ClH/c1-16-11-14-28(18-9-12-25-13-10-18)24(30)22(16)23(29)27-17-7-8-21(26-15-17)32-20-6-4-3-5-19(20)31-2;;/h3-8,11,14-15,18,25H,9-10,12-13H2,1-2H3,(H,27,29);2*1H. The molecule has 1 fully saturated rings. The molecule has 4 rings (SSSR count). The summed E-state index contributed by atoms with van der Waals surface area (Å²) in [6.45, 7) is 3.49. The van der Waals surface area contributed by atoms with Crippen molar-refractivity contribution >= 4 is 36.4 Å². The van der Waals surface area contributed by atoms with E-state index in [0.29, 0.717) is 28.6 Å². The van der Waals surface area contributed by atoms with E-state index in [-0.39, 0.29) is 42.0 Å². The molecule has 8 nitrogen and oxygen atoms in total. The second-order valence-corrected chi connectivity index (χ2v) is 7.66. The number of aryl methyl sites for hydroxylation is 1. The summed E-state index contributed by atoms with van der Waals surface area (Å²) in [4.78, 5) is 30.3. The number of ether oxygens (including phenoxy) is 2. The lowest BCUT2D eigenvalue weighted by Gasteiger charge is -2.25. The van der Waals surface area contributed by atoms with E-state index in [1.54, 1.807) is 49.1 Å². The fourth-order valence-corrected chi connectivity index (χ4v) is 3.81. The molecule has 1 aliphatic heterocycles. The fraction of sp³-hybridized carbons (Fsp3) is 0.292. The van der Waals surface area contributed by atoms with Crippen LogP contribution in [0, 0.1) is 6.92 Å². The number of carbonyl (C=O) groups is 1. The Morgan fingerprint density at radius 1 is 1.09 bits per heavy atom. The minimum atomic E-state index is -0.448. The first kappa shape index (κ1) is 27.2. The summed E-state index contributed by atoms with van der Waals surface area (Å²) in [5, 5.41) is 6.07. The number of para-hydroxylation sites is 2. The number of piperidine rings is 1. The zero-order chi connectivity index (χ0) is 22.5. The SMILES string of the molecule is COc1ccccc1Oc1ccc(NC(=O)c2c(C)ccn(C3CCNCC3)c2=O)cn1.Cl.Cl. The largest absolute Gasteiger partial charge is 0.493 e. The van der Waals surface area contributed by atoms with Crippen LogP contribution in [0.1, 0.15) is 34.8 Å². The minimum Gasteiger partial charge on any atom is -0.493 e. The Morgan fingerprint density at radius 2 is 1.79 bits per heavy atom. The maximum absolute atomic E-state index is 13.1. The highest BCUT2D eigenvalue weighted by atomic mass is 35.5. The number of halogens is 2. The van der Waals surface area contributed by atoms with Crippen LogP contribution in [0.5, 0.6) is 17.4 Å². The van der Waals surface area contributed by atoms with Crippen molar-refractivity contribution in [2.75, 3.05) is 25.5 Å². The van der Waals surface area contributed by atoms with E-state index in [0.717, 1.165) is 25.9 Å². The number of amides is 1. The Hall–Kier alpha value is -3.07. The predicted molar refractivity (Wildman–Crippen MR) is 136 cm³/mol. The molecule has 182 valence electrons. The van der Waals surface area contributed by atoms with E-state index in [1.807, 2.05) is 18.2 Å². The first-order valence-electron chi connectivity index (χ1n) is 10.6. The van der Waals surface area contributed by atoms with Gasteiger partial charge in [-0.2, -0.15) is 0 Å². The number of aromatic nitrogens is 2. The normalized spacial score (nSPS) is 13.2. The molecule has 0 atom stereocenters. The summed E-state index contributed by atoms with van der Waals surface area (Å²) >= 11 is 0. The first-order chi connectivity index (χ1) is 15.6. The smallest absolute Gasteiger partial charge is 0.263 e. The molecule has 2 N–H and O–H groups in total. The van der Waals surface area contributed by atoms with Gasteiger partial charge in [-0.1, -0.05) is 12.1 Å². The molecule has 1 amide bonds. The Morgan fingerprint density at radius 3 is 2.44 bits per heavy atom. The van der Waals surface area contributed by atoms with Crippen molar-refractivity contribution in [2.45, 2.75) is 25.8 Å². The number of nitrogens with zero attached hydrogens (tertiary/aromatic N) is 2. The lowest BCUT2D eigenvalue weighted by Crippen LogP contribution is -2.37. The summed E-state index contributed by atoms with van der Waals surface area (Å²) in [6, 6.07) is 12.5. The molecule has 34 heavy (non-hydrogen) atoms. The van der Waals surface area contributed by atoms with Crippen molar-refractivity contribution < 1.29 is 14.3 Å². The zero-order valence-electron chi connectivity index (χ0n) is 18.9. The van der Waals surface area contributed by atoms with E-state index < -0.39 is 5.91 Å². The molecule has 3 aromatic rings. The topological polar surface area (TPSA) is 94.5 Å². The average Bonchev–Trinajstić information content (AvgIpc) is 2.81. The van der Waals surface area contributed by atoms with Crippen LogP contribution in [0.3, 0.4) is 0 Å². The number of anilines is 1. The van der Waals surface area contributed by atoms with E-state index in [4.69, 9.17) is 9.47 Å². The zero-order valence-corrected chi connectivity index (χ0v) is 20.6. The van der Waals surface area contributed by atoms with E-state index >= 15 is 0 Å². The third-order valence-corrected chi connectivity index (χ3v) is 5.53. The Bertz CT molecular complexity index is 1160. The number of rotatable bonds is 6. The monoisotopic (exact) mass is 506 g/mol. The van der Waals surface area contributed by atoms with Crippen LogP contribution in [-0.4, -0.2) is 35.7 Å². The first-order valence-corrected chi connectivity index (χ1v) is 10.6. The average molecular weight is 507 g/mol. The molecule has 1 aliphatic rings. The maximum Gasteiger partial charge on any atom is 0.263 e. The highest BCUT2D eigenvalue weighted by molar-refractivity contribution is 6.04. The molecule has 1 saturated heterocycles. The van der Waals surface area contributed by atoms with Crippen molar-refractivity contribution in [3.05, 3.63) is 76.3 Å². The summed E-state index contributed by atoms with van der Waals surface area (Å²) < 4.78 is 12.7. The van der Waals surface area contributed by atoms with Gasteiger partial charge in [0.1, 0.15) is 5.56 Å². The molecule has 3 heterocycles. The van der Waals surface area contributed by atoms with Crippen LogP contribution in [-0.2, 0) is 0 Å². The Kier molecular flexibility index (Phi) is 9.92. The van der Waals surface area contributed by atoms with Gasteiger partial charge in [0.25, 0.3) is 11.5 Å². The van der Waals surface area contributed by atoms with Gasteiger partial charge in [-0.25, -0.2) is 4.98 Å². The Labute approximate surface area is 210 Å². The van der Waals surface area contributed by atoms with Crippen molar-refractivity contribution in [3.63, 3.8) is 0 Å². The molecule has 10 heteroatoms. The van der Waals surface area contributed by atoms with Gasteiger partial charge >= 0.3 is 0 Å². The van der Waals surface area contributed by atoms with Crippen LogP contribution in [0.25, 0.3) is 0 Å². The molecular formula is C24H28Cl2N4O4. The number of pyridine rings is 2. The molecule has 1 aromatic carbocycles. The number of hydrogen-bond donors (Lipinski definition) is 2. The number of carbonyl (C=O) groups excluding carboxylic acids is 1. The third-order valence-electron chi connectivity index (χ3n) is 5.53. The van der Waals surface area contributed by atoms with Gasteiger partial charge in [0.05, 0.1) is 19.0 Å².